The second-order valence-electron chi connectivity index (χ2n) is 7.28. The number of furan rings is 1. The van der Waals surface area contributed by atoms with E-state index >= 15 is 0 Å². The van der Waals surface area contributed by atoms with Gasteiger partial charge in [-0.2, -0.15) is 0 Å². The summed E-state index contributed by atoms with van der Waals surface area (Å²) in [6.07, 6.45) is 1.66. The highest BCUT2D eigenvalue weighted by Crippen LogP contribution is 2.35. The van der Waals surface area contributed by atoms with Gasteiger partial charge >= 0.3 is 5.97 Å². The molecular weight excluding hydrogens is 488 g/mol. The zero-order valence-electron chi connectivity index (χ0n) is 17.5. The minimum absolute atomic E-state index is 0.0803. The van der Waals surface area contributed by atoms with E-state index in [9.17, 15) is 9.59 Å². The minimum atomic E-state index is -0.642. The summed E-state index contributed by atoms with van der Waals surface area (Å²) in [4.78, 5) is 25.3. The van der Waals surface area contributed by atoms with E-state index in [-0.39, 0.29) is 23.1 Å². The van der Waals surface area contributed by atoms with Crippen LogP contribution in [0.1, 0.15) is 33.4 Å². The predicted molar refractivity (Wildman–Crippen MR) is 126 cm³/mol. The van der Waals surface area contributed by atoms with Gasteiger partial charge in [-0.1, -0.05) is 28.1 Å². The van der Waals surface area contributed by atoms with Crippen molar-refractivity contribution in [3.8, 4) is 17.2 Å². The Hall–Kier alpha value is -3.84. The average molecular weight is 505 g/mol. The summed E-state index contributed by atoms with van der Waals surface area (Å²) in [5, 5.41) is 0.781. The third-order valence-electron chi connectivity index (χ3n) is 5.02. The largest absolute Gasteiger partial charge is 0.494 e. The number of halogens is 1. The van der Waals surface area contributed by atoms with E-state index in [1.807, 2.05) is 43.3 Å². The van der Waals surface area contributed by atoms with Crippen LogP contribution in [0.4, 0.5) is 0 Å². The van der Waals surface area contributed by atoms with E-state index < -0.39 is 5.97 Å². The number of carbonyl (C=O) groups excluding carboxylic acids is 2. The summed E-state index contributed by atoms with van der Waals surface area (Å²) in [6, 6.07) is 19.1. The maximum atomic E-state index is 12.7. The molecule has 164 valence electrons. The maximum Gasteiger partial charge on any atom is 0.379 e. The number of hydrogen-bond acceptors (Lipinski definition) is 6. The number of ether oxygens (including phenoxy) is 3. The summed E-state index contributed by atoms with van der Waals surface area (Å²) in [7, 11) is 0. The third-order valence-corrected chi connectivity index (χ3v) is 5.51. The molecule has 0 unspecified atom stereocenters. The van der Waals surface area contributed by atoms with Crippen molar-refractivity contribution in [1.82, 2.24) is 0 Å². The van der Waals surface area contributed by atoms with Crippen LogP contribution in [-0.4, -0.2) is 18.4 Å². The molecule has 0 spiro atoms. The highest BCUT2D eigenvalue weighted by molar-refractivity contribution is 9.10. The molecule has 6 nitrogen and oxygen atoms in total. The molecule has 0 saturated heterocycles. The van der Waals surface area contributed by atoms with Crippen molar-refractivity contribution in [3.05, 3.63) is 93.8 Å². The zero-order valence-corrected chi connectivity index (χ0v) is 19.0. The highest BCUT2D eigenvalue weighted by Gasteiger charge is 2.28. The Bertz CT molecular complexity index is 1410. The molecular formula is C26H17BrO6. The molecule has 0 N–H and O–H groups in total. The molecule has 7 heteroatoms. The molecule has 0 saturated carbocycles. The van der Waals surface area contributed by atoms with Gasteiger partial charge in [-0.25, -0.2) is 4.79 Å². The fourth-order valence-corrected chi connectivity index (χ4v) is 3.86. The summed E-state index contributed by atoms with van der Waals surface area (Å²) in [5.74, 6) is 0.727. The molecule has 1 aliphatic rings. The summed E-state index contributed by atoms with van der Waals surface area (Å²) in [6.45, 7) is 2.50. The smallest absolute Gasteiger partial charge is 0.379 e. The molecule has 0 amide bonds. The van der Waals surface area contributed by atoms with Crippen LogP contribution in [-0.2, 0) is 0 Å². The lowest BCUT2D eigenvalue weighted by Gasteiger charge is -2.04. The Balaban J connectivity index is 1.33. The minimum Gasteiger partial charge on any atom is -0.494 e. The first-order chi connectivity index (χ1) is 16.0. The van der Waals surface area contributed by atoms with Gasteiger partial charge in [-0.15, -0.1) is 0 Å². The number of hydrogen-bond donors (Lipinski definition) is 0. The van der Waals surface area contributed by atoms with E-state index in [4.69, 9.17) is 18.6 Å². The summed E-state index contributed by atoms with van der Waals surface area (Å²) in [5.41, 5.74) is 1.79. The van der Waals surface area contributed by atoms with Gasteiger partial charge in [0.2, 0.25) is 11.5 Å². The Morgan fingerprint density at radius 2 is 1.79 bits per heavy atom. The van der Waals surface area contributed by atoms with Gasteiger partial charge in [0, 0.05) is 15.9 Å². The Kier molecular flexibility index (Phi) is 5.48. The van der Waals surface area contributed by atoms with Crippen LogP contribution in [0.25, 0.3) is 17.0 Å². The first kappa shape index (κ1) is 21.0. The van der Waals surface area contributed by atoms with Crippen LogP contribution in [0.15, 0.2) is 81.4 Å². The van der Waals surface area contributed by atoms with Crippen molar-refractivity contribution >= 4 is 44.7 Å². The SMILES string of the molecule is CCOc1ccc(/C=C2\Oc3cc(OC(=O)c4cc5cc(Br)ccc5o4)ccc3C2=O)cc1. The maximum absolute atomic E-state index is 12.7. The van der Waals surface area contributed by atoms with Gasteiger partial charge in [-0.3, -0.25) is 4.79 Å². The first-order valence-electron chi connectivity index (χ1n) is 10.2. The zero-order chi connectivity index (χ0) is 22.9. The van der Waals surface area contributed by atoms with Gasteiger partial charge in [0.25, 0.3) is 0 Å². The first-order valence-corrected chi connectivity index (χ1v) is 11.0. The van der Waals surface area contributed by atoms with Crippen LogP contribution >= 0.6 is 15.9 Å². The fraction of sp³-hybridized carbons (Fsp3) is 0.0769. The molecule has 33 heavy (non-hydrogen) atoms. The second-order valence-corrected chi connectivity index (χ2v) is 8.20. The van der Waals surface area contributed by atoms with E-state index in [1.165, 1.54) is 6.07 Å². The van der Waals surface area contributed by atoms with E-state index in [0.29, 0.717) is 23.5 Å². The molecule has 5 rings (SSSR count). The summed E-state index contributed by atoms with van der Waals surface area (Å²) < 4.78 is 23.1. The normalized spacial score (nSPS) is 13.8. The number of Topliss-reactive ketones (excluding diaryl/α,β-unsaturated/α-hetero) is 1. The number of carbonyl (C=O) groups is 2. The fourth-order valence-electron chi connectivity index (χ4n) is 3.48. The van der Waals surface area contributed by atoms with Crippen molar-refractivity contribution < 1.29 is 28.2 Å². The van der Waals surface area contributed by atoms with Crippen molar-refractivity contribution in [2.45, 2.75) is 6.92 Å². The molecule has 0 atom stereocenters. The molecule has 0 fully saturated rings. The molecule has 4 aromatic rings. The molecule has 0 radical (unpaired) electrons. The van der Waals surface area contributed by atoms with Crippen molar-refractivity contribution in [1.29, 1.82) is 0 Å². The van der Waals surface area contributed by atoms with Gasteiger partial charge in [0.15, 0.2) is 5.76 Å². The topological polar surface area (TPSA) is 75.0 Å². The van der Waals surface area contributed by atoms with Gasteiger partial charge in [0.05, 0.1) is 12.2 Å². The van der Waals surface area contributed by atoms with Crippen molar-refractivity contribution in [2.24, 2.45) is 0 Å². The molecule has 2 heterocycles. The predicted octanol–water partition coefficient (Wildman–Crippen LogP) is 6.43. The van der Waals surface area contributed by atoms with Gasteiger partial charge in [-0.05, 0) is 67.1 Å². The van der Waals surface area contributed by atoms with Crippen LogP contribution in [0.5, 0.6) is 17.2 Å². The molecule has 3 aromatic carbocycles. The number of benzene rings is 3. The number of ketones is 1. The van der Waals surface area contributed by atoms with E-state index in [2.05, 4.69) is 15.9 Å². The number of esters is 1. The van der Waals surface area contributed by atoms with Crippen LogP contribution in [0.2, 0.25) is 0 Å². The lowest BCUT2D eigenvalue weighted by Crippen LogP contribution is -2.07. The molecule has 0 aliphatic carbocycles. The standard InChI is InChI=1S/C26H17BrO6/c1-2-30-18-6-3-15(4-7-18)11-23-25(28)20-9-8-19(14-22(20)33-23)31-26(29)24-13-16-12-17(27)5-10-21(16)32-24/h3-14H,2H2,1H3/b23-11-. The second kappa shape index (κ2) is 8.60. The number of rotatable bonds is 5. The Labute approximate surface area is 197 Å². The monoisotopic (exact) mass is 504 g/mol. The molecule has 1 aromatic heterocycles. The molecule has 1 aliphatic heterocycles. The third kappa shape index (κ3) is 4.27. The van der Waals surface area contributed by atoms with E-state index in [0.717, 1.165) is 21.2 Å². The quantitative estimate of drug-likeness (QED) is 0.177. The number of fused-ring (bicyclic) bond motifs is 2. The van der Waals surface area contributed by atoms with E-state index in [1.54, 1.807) is 30.3 Å². The van der Waals surface area contributed by atoms with Crippen LogP contribution in [0.3, 0.4) is 0 Å². The average Bonchev–Trinajstić information content (AvgIpc) is 3.36. The number of allylic oxidation sites excluding steroid dienone is 1. The summed E-state index contributed by atoms with van der Waals surface area (Å²) >= 11 is 3.39. The van der Waals surface area contributed by atoms with Crippen LogP contribution < -0.4 is 14.2 Å². The van der Waals surface area contributed by atoms with Gasteiger partial charge in [0.1, 0.15) is 22.8 Å². The van der Waals surface area contributed by atoms with Gasteiger partial charge < -0.3 is 18.6 Å². The lowest BCUT2D eigenvalue weighted by atomic mass is 10.1. The van der Waals surface area contributed by atoms with Crippen molar-refractivity contribution in [2.75, 3.05) is 6.61 Å². The lowest BCUT2D eigenvalue weighted by molar-refractivity contribution is 0.0703. The highest BCUT2D eigenvalue weighted by atomic mass is 79.9. The van der Waals surface area contributed by atoms with Crippen LogP contribution in [0, 0.1) is 0 Å². The Morgan fingerprint density at radius 1 is 1.00 bits per heavy atom. The van der Waals surface area contributed by atoms with Crippen molar-refractivity contribution in [3.63, 3.8) is 0 Å². The Morgan fingerprint density at radius 3 is 2.58 bits per heavy atom. The molecule has 0 bridgehead atoms.